The lowest BCUT2D eigenvalue weighted by molar-refractivity contribution is -0.122. The van der Waals surface area contributed by atoms with Crippen LogP contribution < -0.4 is 5.32 Å². The Morgan fingerprint density at radius 3 is 2.54 bits per heavy atom. The fraction of sp³-hybridized carbons (Fsp3) is 0.778. The van der Waals surface area contributed by atoms with E-state index in [0.717, 1.165) is 13.0 Å². The third kappa shape index (κ3) is 3.90. The van der Waals surface area contributed by atoms with Crippen LogP contribution in [0.5, 0.6) is 0 Å². The van der Waals surface area contributed by atoms with Crippen LogP contribution in [-0.4, -0.2) is 37.0 Å². The Morgan fingerprint density at radius 2 is 2.23 bits per heavy atom. The number of carbonyl (C=O) groups excluding carboxylic acids is 1. The summed E-state index contributed by atoms with van der Waals surface area (Å²) in [5, 5.41) is 11.3. The molecule has 0 aliphatic carbocycles. The predicted molar refractivity (Wildman–Crippen MR) is 51.0 cm³/mol. The van der Waals surface area contributed by atoms with E-state index in [1.807, 2.05) is 18.7 Å². The third-order valence-corrected chi connectivity index (χ3v) is 2.01. The van der Waals surface area contributed by atoms with E-state index in [4.69, 9.17) is 5.26 Å². The molecule has 4 heteroatoms. The maximum absolute atomic E-state index is 11.1. The van der Waals surface area contributed by atoms with Crippen molar-refractivity contribution in [1.82, 2.24) is 10.2 Å². The number of rotatable bonds is 5. The second-order valence-electron chi connectivity index (χ2n) is 2.79. The van der Waals surface area contributed by atoms with Crippen LogP contribution >= 0.6 is 0 Å². The van der Waals surface area contributed by atoms with Gasteiger partial charge in [-0.3, -0.25) is 9.69 Å². The molecule has 1 unspecified atom stereocenters. The van der Waals surface area contributed by atoms with Crippen LogP contribution in [0.15, 0.2) is 0 Å². The van der Waals surface area contributed by atoms with Gasteiger partial charge in [0.25, 0.3) is 0 Å². The quantitative estimate of drug-likeness (QED) is 0.669. The first-order chi connectivity index (χ1) is 6.19. The second-order valence-corrected chi connectivity index (χ2v) is 2.79. The minimum Gasteiger partial charge on any atom is -0.358 e. The second kappa shape index (κ2) is 6.44. The molecule has 1 N–H and O–H groups in total. The maximum atomic E-state index is 11.1. The van der Waals surface area contributed by atoms with Crippen LogP contribution in [-0.2, 0) is 4.79 Å². The highest BCUT2D eigenvalue weighted by Crippen LogP contribution is 2.01. The molecule has 0 fully saturated rings. The number of nitriles is 1. The Balaban J connectivity index is 4.17. The van der Waals surface area contributed by atoms with Crippen LogP contribution in [0.3, 0.4) is 0 Å². The summed E-state index contributed by atoms with van der Waals surface area (Å²) >= 11 is 0. The van der Waals surface area contributed by atoms with E-state index in [-0.39, 0.29) is 11.9 Å². The molecule has 13 heavy (non-hydrogen) atoms. The SMILES string of the molecule is CCC(C#N)N(CC)CC(=O)NC. The number of carbonyl (C=O) groups is 1. The van der Waals surface area contributed by atoms with Gasteiger partial charge in [-0.2, -0.15) is 5.26 Å². The van der Waals surface area contributed by atoms with Crippen LogP contribution in [0.1, 0.15) is 20.3 Å². The minimum atomic E-state index is -0.151. The Morgan fingerprint density at radius 1 is 1.62 bits per heavy atom. The number of likely N-dealkylation sites (N-methyl/N-ethyl adjacent to an activating group) is 2. The molecule has 0 aliphatic rings. The number of amides is 1. The molecular formula is C9H17N3O. The molecule has 1 amide bonds. The molecule has 0 aromatic rings. The maximum Gasteiger partial charge on any atom is 0.233 e. The van der Waals surface area contributed by atoms with E-state index in [0.29, 0.717) is 6.54 Å². The van der Waals surface area contributed by atoms with Gasteiger partial charge < -0.3 is 5.32 Å². The van der Waals surface area contributed by atoms with Gasteiger partial charge in [-0.25, -0.2) is 0 Å². The van der Waals surface area contributed by atoms with Gasteiger partial charge in [0.2, 0.25) is 5.91 Å². The molecule has 0 spiro atoms. The first-order valence-corrected chi connectivity index (χ1v) is 4.53. The van der Waals surface area contributed by atoms with Gasteiger partial charge in [0, 0.05) is 7.05 Å². The van der Waals surface area contributed by atoms with Gasteiger partial charge in [0.05, 0.1) is 18.7 Å². The number of hydrogen-bond donors (Lipinski definition) is 1. The molecule has 0 saturated heterocycles. The average Bonchev–Trinajstić information content (AvgIpc) is 2.17. The van der Waals surface area contributed by atoms with E-state index in [2.05, 4.69) is 11.4 Å². The van der Waals surface area contributed by atoms with Crippen LogP contribution in [0.2, 0.25) is 0 Å². The highest BCUT2D eigenvalue weighted by molar-refractivity contribution is 5.77. The fourth-order valence-electron chi connectivity index (χ4n) is 1.14. The first kappa shape index (κ1) is 11.9. The van der Waals surface area contributed by atoms with Crippen LogP contribution in [0, 0.1) is 11.3 Å². The lowest BCUT2D eigenvalue weighted by Gasteiger charge is -2.23. The summed E-state index contributed by atoms with van der Waals surface area (Å²) < 4.78 is 0. The summed E-state index contributed by atoms with van der Waals surface area (Å²) in [6.07, 6.45) is 0.751. The molecule has 0 aromatic heterocycles. The molecule has 4 nitrogen and oxygen atoms in total. The number of nitrogens with zero attached hydrogens (tertiary/aromatic N) is 2. The molecule has 0 aromatic carbocycles. The van der Waals surface area contributed by atoms with Crippen molar-refractivity contribution in [2.24, 2.45) is 0 Å². The number of hydrogen-bond acceptors (Lipinski definition) is 3. The van der Waals surface area contributed by atoms with Crippen molar-refractivity contribution in [3.63, 3.8) is 0 Å². The lowest BCUT2D eigenvalue weighted by Crippen LogP contribution is -2.41. The minimum absolute atomic E-state index is 0.0458. The Labute approximate surface area is 79.5 Å². The van der Waals surface area contributed by atoms with Gasteiger partial charge in [-0.1, -0.05) is 13.8 Å². The standard InChI is InChI=1S/C9H17N3O/c1-4-8(6-10)12(5-2)7-9(13)11-3/h8H,4-5,7H2,1-3H3,(H,11,13). The normalized spacial score (nSPS) is 12.2. The van der Waals surface area contributed by atoms with Gasteiger partial charge in [0.15, 0.2) is 0 Å². The van der Waals surface area contributed by atoms with Gasteiger partial charge in [-0.05, 0) is 13.0 Å². The molecule has 0 saturated carbocycles. The third-order valence-electron chi connectivity index (χ3n) is 2.01. The summed E-state index contributed by atoms with van der Waals surface area (Å²) in [5.41, 5.74) is 0. The van der Waals surface area contributed by atoms with E-state index in [1.54, 1.807) is 7.05 Å². The highest BCUT2D eigenvalue weighted by atomic mass is 16.1. The van der Waals surface area contributed by atoms with Crippen molar-refractivity contribution in [2.75, 3.05) is 20.1 Å². The Kier molecular flexibility index (Phi) is 5.90. The van der Waals surface area contributed by atoms with Crippen LogP contribution in [0.4, 0.5) is 0 Å². The molecule has 0 rings (SSSR count). The largest absolute Gasteiger partial charge is 0.358 e. The molecule has 74 valence electrons. The zero-order valence-electron chi connectivity index (χ0n) is 8.50. The summed E-state index contributed by atoms with van der Waals surface area (Å²) in [4.78, 5) is 12.9. The van der Waals surface area contributed by atoms with Gasteiger partial charge in [-0.15, -0.1) is 0 Å². The van der Waals surface area contributed by atoms with Crippen molar-refractivity contribution in [2.45, 2.75) is 26.3 Å². The Hall–Kier alpha value is -1.08. The molecule has 0 aliphatic heterocycles. The summed E-state index contributed by atoms with van der Waals surface area (Å²) in [5.74, 6) is -0.0458. The van der Waals surface area contributed by atoms with Gasteiger partial charge in [0.1, 0.15) is 0 Å². The van der Waals surface area contributed by atoms with Crippen molar-refractivity contribution < 1.29 is 4.79 Å². The summed E-state index contributed by atoms with van der Waals surface area (Å²) in [7, 11) is 1.60. The first-order valence-electron chi connectivity index (χ1n) is 4.53. The van der Waals surface area contributed by atoms with Crippen molar-refractivity contribution >= 4 is 5.91 Å². The van der Waals surface area contributed by atoms with Gasteiger partial charge >= 0.3 is 0 Å². The van der Waals surface area contributed by atoms with E-state index in [9.17, 15) is 4.79 Å². The van der Waals surface area contributed by atoms with E-state index < -0.39 is 0 Å². The Bertz CT molecular complexity index is 198. The zero-order chi connectivity index (χ0) is 10.3. The smallest absolute Gasteiger partial charge is 0.233 e. The molecule has 0 bridgehead atoms. The molecule has 0 heterocycles. The lowest BCUT2D eigenvalue weighted by atomic mass is 10.2. The highest BCUT2D eigenvalue weighted by Gasteiger charge is 2.16. The van der Waals surface area contributed by atoms with E-state index >= 15 is 0 Å². The average molecular weight is 183 g/mol. The van der Waals surface area contributed by atoms with Crippen molar-refractivity contribution in [1.29, 1.82) is 5.26 Å². The zero-order valence-corrected chi connectivity index (χ0v) is 8.50. The summed E-state index contributed by atoms with van der Waals surface area (Å²) in [6.45, 7) is 4.92. The van der Waals surface area contributed by atoms with Crippen molar-refractivity contribution in [3.05, 3.63) is 0 Å². The van der Waals surface area contributed by atoms with E-state index in [1.165, 1.54) is 0 Å². The predicted octanol–water partition coefficient (Wildman–Crippen LogP) is 0.356. The molecule has 0 radical (unpaired) electrons. The monoisotopic (exact) mass is 183 g/mol. The van der Waals surface area contributed by atoms with Crippen molar-refractivity contribution in [3.8, 4) is 6.07 Å². The topological polar surface area (TPSA) is 56.1 Å². The molecular weight excluding hydrogens is 166 g/mol. The fourth-order valence-corrected chi connectivity index (χ4v) is 1.14. The van der Waals surface area contributed by atoms with Crippen LogP contribution in [0.25, 0.3) is 0 Å². The summed E-state index contributed by atoms with van der Waals surface area (Å²) in [6, 6.07) is 2.03. The molecule has 1 atom stereocenters. The number of nitrogens with one attached hydrogen (secondary N) is 1.